The van der Waals surface area contributed by atoms with Gasteiger partial charge in [0.15, 0.2) is 5.69 Å². The Morgan fingerprint density at radius 1 is 1.50 bits per heavy atom. The zero-order valence-corrected chi connectivity index (χ0v) is 11.6. The van der Waals surface area contributed by atoms with E-state index in [2.05, 4.69) is 15.3 Å². The van der Waals surface area contributed by atoms with Crippen molar-refractivity contribution in [3.8, 4) is 0 Å². The van der Waals surface area contributed by atoms with Crippen LogP contribution in [0, 0.1) is 0 Å². The molecule has 2 N–H and O–H groups in total. The molecule has 0 aliphatic carbocycles. The first kappa shape index (κ1) is 14.2. The van der Waals surface area contributed by atoms with Crippen LogP contribution < -0.4 is 10.2 Å². The molecular weight excluding hydrogens is 260 g/mol. The van der Waals surface area contributed by atoms with Crippen molar-refractivity contribution in [2.45, 2.75) is 26.2 Å². The number of nitrogens with zero attached hydrogens (tertiary/aromatic N) is 3. The molecule has 1 fully saturated rings. The fraction of sp³-hybridized carbons (Fsp3) is 0.538. The second-order valence-electron chi connectivity index (χ2n) is 5.05. The summed E-state index contributed by atoms with van der Waals surface area (Å²) in [5.41, 5.74) is 0.359. The summed E-state index contributed by atoms with van der Waals surface area (Å²) in [6, 6.07) is 0. The quantitative estimate of drug-likeness (QED) is 0.841. The number of nitrogens with one attached hydrogen (secondary N) is 1. The van der Waals surface area contributed by atoms with Crippen LogP contribution in [0.1, 0.15) is 42.5 Å². The van der Waals surface area contributed by atoms with Crippen LogP contribution in [0.5, 0.6) is 0 Å². The van der Waals surface area contributed by atoms with Gasteiger partial charge in [0.1, 0.15) is 5.82 Å². The van der Waals surface area contributed by atoms with Crippen LogP contribution in [0.15, 0.2) is 6.20 Å². The summed E-state index contributed by atoms with van der Waals surface area (Å²) in [6.45, 7) is 5.14. The highest BCUT2D eigenvalue weighted by atomic mass is 16.4. The minimum absolute atomic E-state index is 0.0431. The van der Waals surface area contributed by atoms with Gasteiger partial charge in [-0.3, -0.25) is 4.79 Å². The van der Waals surface area contributed by atoms with Crippen LogP contribution in [0.3, 0.4) is 0 Å². The Labute approximate surface area is 117 Å². The summed E-state index contributed by atoms with van der Waals surface area (Å²) in [5, 5.41) is 12.1. The van der Waals surface area contributed by atoms with E-state index in [4.69, 9.17) is 0 Å². The third-order valence-corrected chi connectivity index (χ3v) is 3.11. The number of hydrogen-bond acceptors (Lipinski definition) is 5. The average molecular weight is 278 g/mol. The molecule has 0 radical (unpaired) electrons. The van der Waals surface area contributed by atoms with Gasteiger partial charge in [0.05, 0.1) is 18.4 Å². The molecule has 0 unspecified atom stereocenters. The second kappa shape index (κ2) is 5.85. The minimum atomic E-state index is -1.10. The third-order valence-electron chi connectivity index (χ3n) is 3.11. The largest absolute Gasteiger partial charge is 0.476 e. The average Bonchev–Trinajstić information content (AvgIpc) is 2.62. The summed E-state index contributed by atoms with van der Waals surface area (Å²) < 4.78 is 0. The van der Waals surface area contributed by atoms with Gasteiger partial charge in [-0.15, -0.1) is 0 Å². The lowest BCUT2D eigenvalue weighted by Crippen LogP contribution is -2.34. The van der Waals surface area contributed by atoms with Gasteiger partial charge >= 0.3 is 5.97 Å². The Balaban J connectivity index is 2.39. The first-order valence-corrected chi connectivity index (χ1v) is 6.61. The van der Waals surface area contributed by atoms with Crippen molar-refractivity contribution >= 4 is 17.6 Å². The standard InChI is InChI=1S/C13H18N4O3/c1-8(2)12-15-6-9(11(16-12)13(19)20)17-5-3-4-14-10(18)7-17/h6,8H,3-5,7H2,1-2H3,(H,14,18)(H,19,20). The van der Waals surface area contributed by atoms with E-state index in [1.54, 1.807) is 4.90 Å². The van der Waals surface area contributed by atoms with Gasteiger partial charge in [-0.25, -0.2) is 14.8 Å². The van der Waals surface area contributed by atoms with Crippen molar-refractivity contribution in [3.63, 3.8) is 0 Å². The Morgan fingerprint density at radius 2 is 2.25 bits per heavy atom. The molecule has 0 aromatic carbocycles. The fourth-order valence-corrected chi connectivity index (χ4v) is 2.07. The molecule has 1 saturated heterocycles. The Morgan fingerprint density at radius 3 is 2.90 bits per heavy atom. The molecule has 20 heavy (non-hydrogen) atoms. The van der Waals surface area contributed by atoms with Crippen molar-refractivity contribution in [2.75, 3.05) is 24.5 Å². The zero-order chi connectivity index (χ0) is 14.7. The van der Waals surface area contributed by atoms with Crippen LogP contribution in [-0.2, 0) is 4.79 Å². The van der Waals surface area contributed by atoms with Crippen LogP contribution in [0.25, 0.3) is 0 Å². The van der Waals surface area contributed by atoms with E-state index in [1.807, 2.05) is 13.8 Å². The number of hydrogen-bond donors (Lipinski definition) is 2. The molecule has 1 aromatic rings. The zero-order valence-electron chi connectivity index (χ0n) is 11.6. The second-order valence-corrected chi connectivity index (χ2v) is 5.05. The highest BCUT2D eigenvalue weighted by molar-refractivity contribution is 5.93. The smallest absolute Gasteiger partial charge is 0.356 e. The SMILES string of the molecule is CC(C)c1ncc(N2CCCNC(=O)C2)c(C(=O)O)n1. The van der Waals surface area contributed by atoms with Gasteiger partial charge in [0.2, 0.25) is 5.91 Å². The molecule has 108 valence electrons. The first-order valence-electron chi connectivity index (χ1n) is 6.61. The van der Waals surface area contributed by atoms with E-state index < -0.39 is 5.97 Å². The molecular formula is C13H18N4O3. The van der Waals surface area contributed by atoms with E-state index in [-0.39, 0.29) is 24.1 Å². The molecule has 1 aliphatic rings. The molecule has 0 bridgehead atoms. The van der Waals surface area contributed by atoms with Crippen LogP contribution in [-0.4, -0.2) is 46.6 Å². The maximum atomic E-state index is 11.6. The minimum Gasteiger partial charge on any atom is -0.476 e. The summed E-state index contributed by atoms with van der Waals surface area (Å²) >= 11 is 0. The lowest BCUT2D eigenvalue weighted by Gasteiger charge is -2.22. The van der Waals surface area contributed by atoms with Crippen LogP contribution in [0.4, 0.5) is 5.69 Å². The van der Waals surface area contributed by atoms with Crippen LogP contribution >= 0.6 is 0 Å². The molecule has 7 nitrogen and oxygen atoms in total. The van der Waals surface area contributed by atoms with Gasteiger partial charge in [-0.1, -0.05) is 13.8 Å². The van der Waals surface area contributed by atoms with E-state index in [0.717, 1.165) is 6.42 Å². The van der Waals surface area contributed by atoms with E-state index in [0.29, 0.717) is 24.6 Å². The molecule has 0 saturated carbocycles. The van der Waals surface area contributed by atoms with E-state index >= 15 is 0 Å². The van der Waals surface area contributed by atoms with Gasteiger partial charge in [-0.05, 0) is 6.42 Å². The maximum Gasteiger partial charge on any atom is 0.356 e. The van der Waals surface area contributed by atoms with Gasteiger partial charge in [-0.2, -0.15) is 0 Å². The number of aromatic nitrogens is 2. The third kappa shape index (κ3) is 3.04. The number of carboxylic acid groups (broad SMARTS) is 1. The van der Waals surface area contributed by atoms with Crippen LogP contribution in [0.2, 0.25) is 0 Å². The number of aromatic carboxylic acids is 1. The van der Waals surface area contributed by atoms with E-state index in [1.165, 1.54) is 6.20 Å². The fourth-order valence-electron chi connectivity index (χ4n) is 2.07. The normalized spacial score (nSPS) is 15.9. The van der Waals surface area contributed by atoms with Crippen molar-refractivity contribution < 1.29 is 14.7 Å². The lowest BCUT2D eigenvalue weighted by molar-refractivity contribution is -0.119. The Kier molecular flexibility index (Phi) is 4.16. The predicted molar refractivity (Wildman–Crippen MR) is 72.9 cm³/mol. The maximum absolute atomic E-state index is 11.6. The number of carboxylic acids is 1. The predicted octanol–water partition coefficient (Wildman–Crippen LogP) is 0.624. The van der Waals surface area contributed by atoms with Gasteiger partial charge < -0.3 is 15.3 Å². The summed E-state index contributed by atoms with van der Waals surface area (Å²) in [5.74, 6) is -0.680. The summed E-state index contributed by atoms with van der Waals surface area (Å²) in [7, 11) is 0. The number of carbonyl (C=O) groups excluding carboxylic acids is 1. The number of amides is 1. The number of anilines is 1. The highest BCUT2D eigenvalue weighted by Gasteiger charge is 2.23. The number of carbonyl (C=O) groups is 2. The summed E-state index contributed by atoms with van der Waals surface area (Å²) in [6.07, 6.45) is 2.26. The van der Waals surface area contributed by atoms with Crippen molar-refractivity contribution in [1.82, 2.24) is 15.3 Å². The monoisotopic (exact) mass is 278 g/mol. The molecule has 2 rings (SSSR count). The van der Waals surface area contributed by atoms with Gasteiger partial charge in [0, 0.05) is 19.0 Å². The van der Waals surface area contributed by atoms with Crippen molar-refractivity contribution in [3.05, 3.63) is 17.7 Å². The molecule has 7 heteroatoms. The molecule has 1 aliphatic heterocycles. The van der Waals surface area contributed by atoms with E-state index in [9.17, 15) is 14.7 Å². The summed E-state index contributed by atoms with van der Waals surface area (Å²) in [4.78, 5) is 33.0. The van der Waals surface area contributed by atoms with Crippen molar-refractivity contribution in [2.24, 2.45) is 0 Å². The Hall–Kier alpha value is -2.18. The topological polar surface area (TPSA) is 95.4 Å². The van der Waals surface area contributed by atoms with Gasteiger partial charge in [0.25, 0.3) is 0 Å². The molecule has 2 heterocycles. The Bertz CT molecular complexity index is 530. The molecule has 1 aromatic heterocycles. The molecule has 1 amide bonds. The number of rotatable bonds is 3. The molecule has 0 spiro atoms. The lowest BCUT2D eigenvalue weighted by atomic mass is 10.2. The molecule has 0 atom stereocenters. The highest BCUT2D eigenvalue weighted by Crippen LogP contribution is 2.21. The van der Waals surface area contributed by atoms with Crippen molar-refractivity contribution in [1.29, 1.82) is 0 Å². The first-order chi connectivity index (χ1) is 9.49.